The standard InChI is InChI=1S/C20H22N2O3/c1-24-18-7-6-15(16-11-21-20(23)22-12-16)10-19(18)25-17-8-13-4-2-3-5-14(13)9-17/h2-7,10,16-17H,8-9,11-12H2,1H3,(H2,21,22,23). The third-order valence-electron chi connectivity index (χ3n) is 4.98. The van der Waals surface area contributed by atoms with Crippen molar-refractivity contribution in [2.24, 2.45) is 0 Å². The number of carbonyl (C=O) groups is 1. The van der Waals surface area contributed by atoms with Crippen molar-refractivity contribution >= 4 is 6.03 Å². The number of methoxy groups -OCH3 is 1. The molecule has 25 heavy (non-hydrogen) atoms. The topological polar surface area (TPSA) is 59.6 Å². The number of rotatable bonds is 4. The van der Waals surface area contributed by atoms with Crippen molar-refractivity contribution in [3.63, 3.8) is 0 Å². The summed E-state index contributed by atoms with van der Waals surface area (Å²) in [5.74, 6) is 1.74. The molecule has 4 rings (SSSR count). The van der Waals surface area contributed by atoms with Crippen molar-refractivity contribution in [2.45, 2.75) is 24.9 Å². The molecule has 1 fully saturated rings. The molecule has 2 aromatic rings. The van der Waals surface area contributed by atoms with Crippen LogP contribution in [0, 0.1) is 0 Å². The molecule has 2 N–H and O–H groups in total. The average molecular weight is 338 g/mol. The van der Waals surface area contributed by atoms with Gasteiger partial charge in [-0.25, -0.2) is 4.79 Å². The summed E-state index contributed by atoms with van der Waals surface area (Å²) in [7, 11) is 1.66. The van der Waals surface area contributed by atoms with Crippen LogP contribution in [-0.2, 0) is 12.8 Å². The second kappa shape index (κ2) is 6.67. The van der Waals surface area contributed by atoms with E-state index in [-0.39, 0.29) is 18.1 Å². The Kier molecular flexibility index (Phi) is 4.22. The second-order valence-corrected chi connectivity index (χ2v) is 6.61. The van der Waals surface area contributed by atoms with Gasteiger partial charge in [0.15, 0.2) is 11.5 Å². The van der Waals surface area contributed by atoms with E-state index < -0.39 is 0 Å². The maximum Gasteiger partial charge on any atom is 0.314 e. The van der Waals surface area contributed by atoms with Gasteiger partial charge in [0, 0.05) is 31.8 Å². The number of amides is 2. The molecule has 0 bridgehead atoms. The molecule has 1 aliphatic carbocycles. The van der Waals surface area contributed by atoms with Crippen LogP contribution in [0.1, 0.15) is 22.6 Å². The van der Waals surface area contributed by atoms with E-state index in [4.69, 9.17) is 9.47 Å². The van der Waals surface area contributed by atoms with Gasteiger partial charge in [0.05, 0.1) is 7.11 Å². The van der Waals surface area contributed by atoms with E-state index in [1.54, 1.807) is 7.11 Å². The number of fused-ring (bicyclic) bond motifs is 1. The van der Waals surface area contributed by atoms with Crippen molar-refractivity contribution in [3.05, 3.63) is 59.2 Å². The highest BCUT2D eigenvalue weighted by Crippen LogP contribution is 2.34. The molecule has 2 aromatic carbocycles. The Balaban J connectivity index is 1.52. The molecule has 0 unspecified atom stereocenters. The predicted octanol–water partition coefficient (Wildman–Crippen LogP) is 2.64. The second-order valence-electron chi connectivity index (χ2n) is 6.61. The van der Waals surface area contributed by atoms with E-state index in [0.29, 0.717) is 13.1 Å². The van der Waals surface area contributed by atoms with E-state index >= 15 is 0 Å². The van der Waals surface area contributed by atoms with E-state index in [0.717, 1.165) is 29.9 Å². The summed E-state index contributed by atoms with van der Waals surface area (Å²) in [6, 6.07) is 14.4. The van der Waals surface area contributed by atoms with Crippen LogP contribution >= 0.6 is 0 Å². The minimum Gasteiger partial charge on any atom is -0.493 e. The number of hydrogen-bond acceptors (Lipinski definition) is 3. The van der Waals surface area contributed by atoms with Crippen molar-refractivity contribution in [1.82, 2.24) is 10.6 Å². The molecular formula is C20H22N2O3. The summed E-state index contributed by atoms with van der Waals surface area (Å²) in [5, 5.41) is 5.68. The highest BCUT2D eigenvalue weighted by atomic mass is 16.5. The van der Waals surface area contributed by atoms with Crippen molar-refractivity contribution in [2.75, 3.05) is 20.2 Å². The molecule has 1 aliphatic heterocycles. The van der Waals surface area contributed by atoms with Gasteiger partial charge in [-0.15, -0.1) is 0 Å². The van der Waals surface area contributed by atoms with Gasteiger partial charge in [-0.1, -0.05) is 30.3 Å². The molecule has 1 saturated heterocycles. The van der Waals surface area contributed by atoms with Crippen LogP contribution in [0.5, 0.6) is 11.5 Å². The Morgan fingerprint density at radius 2 is 1.64 bits per heavy atom. The molecule has 0 aromatic heterocycles. The van der Waals surface area contributed by atoms with Crippen LogP contribution in [0.3, 0.4) is 0 Å². The first kappa shape index (κ1) is 15.8. The number of ether oxygens (including phenoxy) is 2. The zero-order valence-electron chi connectivity index (χ0n) is 14.2. The Morgan fingerprint density at radius 1 is 0.960 bits per heavy atom. The minimum atomic E-state index is -0.107. The van der Waals surface area contributed by atoms with E-state index in [2.05, 4.69) is 34.9 Å². The molecule has 1 heterocycles. The lowest BCUT2D eigenvalue weighted by molar-refractivity contribution is 0.204. The molecule has 0 atom stereocenters. The SMILES string of the molecule is COc1ccc(C2CNC(=O)NC2)cc1OC1Cc2ccccc2C1. The van der Waals surface area contributed by atoms with Gasteiger partial charge in [-0.2, -0.15) is 0 Å². The zero-order valence-corrected chi connectivity index (χ0v) is 14.2. The summed E-state index contributed by atoms with van der Waals surface area (Å²) in [6.45, 7) is 1.26. The third kappa shape index (κ3) is 3.27. The maximum atomic E-state index is 11.3. The molecule has 0 radical (unpaired) electrons. The largest absolute Gasteiger partial charge is 0.493 e. The monoisotopic (exact) mass is 338 g/mol. The van der Waals surface area contributed by atoms with Gasteiger partial charge in [0.25, 0.3) is 0 Å². The lowest BCUT2D eigenvalue weighted by atomic mass is 9.97. The van der Waals surface area contributed by atoms with Crippen LogP contribution in [0.2, 0.25) is 0 Å². The van der Waals surface area contributed by atoms with Crippen LogP contribution < -0.4 is 20.1 Å². The minimum absolute atomic E-state index is 0.107. The fourth-order valence-electron chi connectivity index (χ4n) is 3.62. The molecule has 0 spiro atoms. The number of benzene rings is 2. The van der Waals surface area contributed by atoms with Crippen LogP contribution in [0.4, 0.5) is 4.79 Å². The molecule has 5 heteroatoms. The van der Waals surface area contributed by atoms with Crippen molar-refractivity contribution < 1.29 is 14.3 Å². The predicted molar refractivity (Wildman–Crippen MR) is 95.4 cm³/mol. The molecular weight excluding hydrogens is 316 g/mol. The molecule has 5 nitrogen and oxygen atoms in total. The van der Waals surface area contributed by atoms with Gasteiger partial charge in [0.2, 0.25) is 0 Å². The van der Waals surface area contributed by atoms with Crippen molar-refractivity contribution in [3.8, 4) is 11.5 Å². The molecule has 130 valence electrons. The number of carbonyl (C=O) groups excluding carboxylic acids is 1. The van der Waals surface area contributed by atoms with Gasteiger partial charge >= 0.3 is 6.03 Å². The summed E-state index contributed by atoms with van der Waals surface area (Å²) < 4.78 is 11.8. The van der Waals surface area contributed by atoms with Gasteiger partial charge < -0.3 is 20.1 Å². The highest BCUT2D eigenvalue weighted by Gasteiger charge is 2.25. The molecule has 0 saturated carbocycles. The van der Waals surface area contributed by atoms with E-state index in [9.17, 15) is 4.79 Å². The summed E-state index contributed by atoms with van der Waals surface area (Å²) in [4.78, 5) is 11.3. The number of hydrogen-bond donors (Lipinski definition) is 2. The summed E-state index contributed by atoms with van der Waals surface area (Å²) in [5.41, 5.74) is 3.86. The quantitative estimate of drug-likeness (QED) is 0.901. The average Bonchev–Trinajstić information content (AvgIpc) is 3.04. The first-order valence-corrected chi connectivity index (χ1v) is 8.66. The first-order valence-electron chi connectivity index (χ1n) is 8.66. The van der Waals surface area contributed by atoms with Gasteiger partial charge in [0.1, 0.15) is 6.10 Å². The van der Waals surface area contributed by atoms with Gasteiger partial charge in [-0.3, -0.25) is 0 Å². The molecule has 2 amide bonds. The third-order valence-corrected chi connectivity index (χ3v) is 4.98. The van der Waals surface area contributed by atoms with E-state index in [1.165, 1.54) is 11.1 Å². The van der Waals surface area contributed by atoms with Crippen LogP contribution in [0.25, 0.3) is 0 Å². The Bertz CT molecular complexity index is 755. The number of urea groups is 1. The Morgan fingerprint density at radius 3 is 2.28 bits per heavy atom. The zero-order chi connectivity index (χ0) is 17.2. The lowest BCUT2D eigenvalue weighted by Crippen LogP contribution is -2.47. The Labute approximate surface area is 147 Å². The fourth-order valence-corrected chi connectivity index (χ4v) is 3.62. The fraction of sp³-hybridized carbons (Fsp3) is 0.350. The lowest BCUT2D eigenvalue weighted by Gasteiger charge is -2.25. The highest BCUT2D eigenvalue weighted by molar-refractivity contribution is 5.75. The van der Waals surface area contributed by atoms with Crippen LogP contribution in [-0.4, -0.2) is 32.3 Å². The smallest absolute Gasteiger partial charge is 0.314 e. The van der Waals surface area contributed by atoms with E-state index in [1.807, 2.05) is 18.2 Å². The van der Waals surface area contributed by atoms with Crippen LogP contribution in [0.15, 0.2) is 42.5 Å². The first-order chi connectivity index (χ1) is 12.2. The van der Waals surface area contributed by atoms with Crippen molar-refractivity contribution in [1.29, 1.82) is 0 Å². The van der Waals surface area contributed by atoms with Gasteiger partial charge in [-0.05, 0) is 28.8 Å². The Hall–Kier alpha value is -2.69. The molecule has 2 aliphatic rings. The normalized spacial score (nSPS) is 17.6. The maximum absolute atomic E-state index is 11.3. The number of nitrogens with one attached hydrogen (secondary N) is 2. The summed E-state index contributed by atoms with van der Waals surface area (Å²) >= 11 is 0. The summed E-state index contributed by atoms with van der Waals surface area (Å²) in [6.07, 6.45) is 1.97.